The molecule has 0 aliphatic carbocycles. The fourth-order valence-corrected chi connectivity index (χ4v) is 2.10. The second-order valence-electron chi connectivity index (χ2n) is 4.16. The average molecular weight is 306 g/mol. The minimum atomic E-state index is 0.380. The quantitative estimate of drug-likeness (QED) is 0.671. The molecule has 0 aliphatic rings. The number of benzene rings is 1. The monoisotopic (exact) mass is 305 g/mol. The number of methoxy groups -OCH3 is 1. The number of hydrogen-bond acceptors (Lipinski definition) is 6. The van der Waals surface area contributed by atoms with E-state index in [0.29, 0.717) is 35.3 Å². The van der Waals surface area contributed by atoms with Crippen LogP contribution in [0.15, 0.2) is 30.9 Å². The maximum absolute atomic E-state index is 6.04. The number of aromatic nitrogens is 5. The molecule has 0 fully saturated rings. The SMILES string of the molecule is COc1cc2c(Cl)ncnc2cc1OCCn1nccn1. The van der Waals surface area contributed by atoms with Gasteiger partial charge in [0.05, 0.1) is 31.6 Å². The number of fused-ring (bicyclic) bond motifs is 1. The van der Waals surface area contributed by atoms with Gasteiger partial charge in [0.15, 0.2) is 11.5 Å². The van der Waals surface area contributed by atoms with Crippen molar-refractivity contribution in [3.05, 3.63) is 36.0 Å². The van der Waals surface area contributed by atoms with Crippen molar-refractivity contribution < 1.29 is 9.47 Å². The van der Waals surface area contributed by atoms with Gasteiger partial charge in [0.25, 0.3) is 0 Å². The first kappa shape index (κ1) is 13.6. The Morgan fingerprint density at radius 2 is 1.95 bits per heavy atom. The lowest BCUT2D eigenvalue weighted by molar-refractivity contribution is 0.267. The van der Waals surface area contributed by atoms with E-state index in [1.165, 1.54) is 6.33 Å². The number of nitrogens with zero attached hydrogens (tertiary/aromatic N) is 5. The van der Waals surface area contributed by atoms with E-state index in [1.807, 2.05) is 0 Å². The topological polar surface area (TPSA) is 75.0 Å². The van der Waals surface area contributed by atoms with Crippen LogP contribution in [0.2, 0.25) is 5.15 Å². The van der Waals surface area contributed by atoms with Crippen molar-refractivity contribution in [2.45, 2.75) is 6.54 Å². The summed E-state index contributed by atoms with van der Waals surface area (Å²) in [7, 11) is 1.57. The van der Waals surface area contributed by atoms with Crippen molar-refractivity contribution in [2.24, 2.45) is 0 Å². The molecule has 0 atom stereocenters. The maximum atomic E-state index is 6.04. The lowest BCUT2D eigenvalue weighted by Crippen LogP contribution is -2.11. The third-order valence-electron chi connectivity index (χ3n) is 2.89. The first-order valence-corrected chi connectivity index (χ1v) is 6.61. The molecule has 8 heteroatoms. The van der Waals surface area contributed by atoms with Crippen molar-refractivity contribution in [3.63, 3.8) is 0 Å². The molecule has 0 spiro atoms. The highest BCUT2D eigenvalue weighted by atomic mass is 35.5. The zero-order valence-electron chi connectivity index (χ0n) is 11.2. The Balaban J connectivity index is 1.83. The Labute approximate surface area is 125 Å². The first-order valence-electron chi connectivity index (χ1n) is 6.23. The number of ether oxygens (including phenoxy) is 2. The van der Waals surface area contributed by atoms with Crippen LogP contribution in [0.5, 0.6) is 11.5 Å². The summed E-state index contributed by atoms with van der Waals surface area (Å²) in [5, 5.41) is 9.12. The lowest BCUT2D eigenvalue weighted by Gasteiger charge is -2.11. The van der Waals surface area contributed by atoms with Gasteiger partial charge < -0.3 is 9.47 Å². The highest BCUT2D eigenvalue weighted by Crippen LogP contribution is 2.33. The van der Waals surface area contributed by atoms with Crippen LogP contribution in [-0.2, 0) is 6.54 Å². The minimum Gasteiger partial charge on any atom is -0.493 e. The molecule has 108 valence electrons. The molecule has 2 heterocycles. The van der Waals surface area contributed by atoms with E-state index in [1.54, 1.807) is 36.4 Å². The van der Waals surface area contributed by atoms with Gasteiger partial charge in [0.1, 0.15) is 18.1 Å². The van der Waals surface area contributed by atoms with Crippen LogP contribution >= 0.6 is 11.6 Å². The van der Waals surface area contributed by atoms with Gasteiger partial charge in [-0.05, 0) is 6.07 Å². The molecule has 0 amide bonds. The van der Waals surface area contributed by atoms with Crippen molar-refractivity contribution in [2.75, 3.05) is 13.7 Å². The molecule has 0 bridgehead atoms. The van der Waals surface area contributed by atoms with E-state index in [4.69, 9.17) is 21.1 Å². The summed E-state index contributed by atoms with van der Waals surface area (Å²) >= 11 is 6.04. The molecule has 0 N–H and O–H groups in total. The zero-order valence-corrected chi connectivity index (χ0v) is 12.0. The summed E-state index contributed by atoms with van der Waals surface area (Å²) in [6.45, 7) is 0.952. The van der Waals surface area contributed by atoms with Crippen LogP contribution in [0.3, 0.4) is 0 Å². The van der Waals surface area contributed by atoms with Gasteiger partial charge in [-0.3, -0.25) is 0 Å². The van der Waals surface area contributed by atoms with E-state index in [2.05, 4.69) is 20.2 Å². The van der Waals surface area contributed by atoms with E-state index in [-0.39, 0.29) is 0 Å². The minimum absolute atomic E-state index is 0.380. The summed E-state index contributed by atoms with van der Waals surface area (Å²) in [5.41, 5.74) is 0.697. The van der Waals surface area contributed by atoms with Gasteiger partial charge in [-0.2, -0.15) is 15.0 Å². The second kappa shape index (κ2) is 5.92. The third-order valence-corrected chi connectivity index (χ3v) is 3.19. The predicted molar refractivity (Wildman–Crippen MR) is 76.6 cm³/mol. The normalized spacial score (nSPS) is 10.8. The number of halogens is 1. The standard InChI is InChI=1S/C13H12ClN5O2/c1-20-11-6-9-10(15-8-16-13(9)14)7-12(11)21-5-4-19-17-2-3-18-19/h2-3,6-8H,4-5H2,1H3. The van der Waals surface area contributed by atoms with Crippen molar-refractivity contribution in [1.82, 2.24) is 25.0 Å². The first-order chi connectivity index (χ1) is 10.3. The van der Waals surface area contributed by atoms with Crippen LogP contribution in [0.1, 0.15) is 0 Å². The molecule has 0 aliphatic heterocycles. The van der Waals surface area contributed by atoms with Gasteiger partial charge in [0, 0.05) is 11.5 Å². The van der Waals surface area contributed by atoms with E-state index in [0.717, 1.165) is 5.39 Å². The van der Waals surface area contributed by atoms with Crippen LogP contribution < -0.4 is 9.47 Å². The second-order valence-corrected chi connectivity index (χ2v) is 4.52. The van der Waals surface area contributed by atoms with Crippen LogP contribution in [-0.4, -0.2) is 38.7 Å². The van der Waals surface area contributed by atoms with E-state index >= 15 is 0 Å². The summed E-state index contributed by atoms with van der Waals surface area (Å²) < 4.78 is 11.0. The zero-order chi connectivity index (χ0) is 14.7. The molecule has 0 unspecified atom stereocenters. The molecular formula is C13H12ClN5O2. The molecule has 1 aromatic carbocycles. The van der Waals surface area contributed by atoms with E-state index in [9.17, 15) is 0 Å². The highest BCUT2D eigenvalue weighted by Gasteiger charge is 2.10. The largest absolute Gasteiger partial charge is 0.493 e. The Kier molecular flexibility index (Phi) is 3.83. The van der Waals surface area contributed by atoms with Crippen LogP contribution in [0, 0.1) is 0 Å². The predicted octanol–water partition coefficient (Wildman–Crippen LogP) is 1.96. The van der Waals surface area contributed by atoms with Crippen LogP contribution in [0.25, 0.3) is 10.9 Å². The molecular weight excluding hydrogens is 294 g/mol. The maximum Gasteiger partial charge on any atom is 0.163 e. The number of rotatable bonds is 5. The van der Waals surface area contributed by atoms with Gasteiger partial charge in [-0.1, -0.05) is 11.6 Å². The fourth-order valence-electron chi connectivity index (χ4n) is 1.90. The number of hydrogen-bond donors (Lipinski definition) is 0. The van der Waals surface area contributed by atoms with Gasteiger partial charge in [0.2, 0.25) is 0 Å². The molecule has 0 saturated carbocycles. The summed E-state index contributed by atoms with van der Waals surface area (Å²) in [4.78, 5) is 9.67. The molecule has 3 rings (SSSR count). The Bertz CT molecular complexity index is 748. The Hall–Kier alpha value is -2.41. The highest BCUT2D eigenvalue weighted by molar-refractivity contribution is 6.34. The van der Waals surface area contributed by atoms with Gasteiger partial charge in [-0.25, -0.2) is 9.97 Å². The van der Waals surface area contributed by atoms with Crippen LogP contribution in [0.4, 0.5) is 0 Å². The molecule has 7 nitrogen and oxygen atoms in total. The van der Waals surface area contributed by atoms with Crippen molar-refractivity contribution >= 4 is 22.5 Å². The van der Waals surface area contributed by atoms with Gasteiger partial charge in [-0.15, -0.1) is 0 Å². The van der Waals surface area contributed by atoms with Crippen molar-refractivity contribution in [1.29, 1.82) is 0 Å². The van der Waals surface area contributed by atoms with E-state index < -0.39 is 0 Å². The Morgan fingerprint density at radius 3 is 2.71 bits per heavy atom. The smallest absolute Gasteiger partial charge is 0.163 e. The fraction of sp³-hybridized carbons (Fsp3) is 0.231. The molecule has 21 heavy (non-hydrogen) atoms. The van der Waals surface area contributed by atoms with Gasteiger partial charge >= 0.3 is 0 Å². The average Bonchev–Trinajstić information content (AvgIpc) is 3.00. The summed E-state index contributed by atoms with van der Waals surface area (Å²) in [6, 6.07) is 3.54. The summed E-state index contributed by atoms with van der Waals surface area (Å²) in [5.74, 6) is 1.17. The molecule has 0 saturated heterocycles. The molecule has 3 aromatic rings. The Morgan fingerprint density at radius 1 is 1.14 bits per heavy atom. The van der Waals surface area contributed by atoms with Crippen molar-refractivity contribution in [3.8, 4) is 11.5 Å². The third kappa shape index (κ3) is 2.87. The summed E-state index contributed by atoms with van der Waals surface area (Å²) in [6.07, 6.45) is 4.65. The molecule has 0 radical (unpaired) electrons. The molecule has 2 aromatic heterocycles. The lowest BCUT2D eigenvalue weighted by atomic mass is 10.2.